The van der Waals surface area contributed by atoms with Gasteiger partial charge < -0.3 is 4.74 Å². The van der Waals surface area contributed by atoms with Gasteiger partial charge in [-0.15, -0.1) is 0 Å². The molecule has 0 bridgehead atoms. The lowest BCUT2D eigenvalue weighted by molar-refractivity contribution is -0.135. The molecule has 1 aromatic carbocycles. The first-order chi connectivity index (χ1) is 8.16. The molecular formula is C15H14O2. The number of ether oxygens (including phenoxy) is 1. The zero-order chi connectivity index (χ0) is 12.3. The fourth-order valence-corrected chi connectivity index (χ4v) is 1.64. The monoisotopic (exact) mass is 226 g/mol. The molecule has 0 spiro atoms. The fraction of sp³-hybridized carbons (Fsp3) is 0.133. The van der Waals surface area contributed by atoms with Crippen LogP contribution < -0.4 is 0 Å². The summed E-state index contributed by atoms with van der Waals surface area (Å²) in [6.45, 7) is 5.21. The zero-order valence-corrected chi connectivity index (χ0v) is 9.77. The van der Waals surface area contributed by atoms with E-state index in [1.807, 2.05) is 42.5 Å². The van der Waals surface area contributed by atoms with Gasteiger partial charge in [-0.05, 0) is 24.1 Å². The third kappa shape index (κ3) is 2.72. The van der Waals surface area contributed by atoms with Crippen LogP contribution in [0.25, 0.3) is 6.08 Å². The molecule has 0 aliphatic heterocycles. The van der Waals surface area contributed by atoms with Gasteiger partial charge >= 0.3 is 5.97 Å². The first-order valence-corrected chi connectivity index (χ1v) is 5.49. The Labute approximate surface area is 101 Å². The average Bonchev–Trinajstić information content (AvgIpc) is 2.50. The van der Waals surface area contributed by atoms with Crippen molar-refractivity contribution in [3.63, 3.8) is 0 Å². The Bertz CT molecular complexity index is 521. The SMILES string of the molecule is C=C(C)C(=O)OC1=CC=Cc2ccccc2C1. The second-order valence-electron chi connectivity index (χ2n) is 4.04. The summed E-state index contributed by atoms with van der Waals surface area (Å²) >= 11 is 0. The predicted octanol–water partition coefficient (Wildman–Crippen LogP) is 3.26. The van der Waals surface area contributed by atoms with E-state index < -0.39 is 0 Å². The van der Waals surface area contributed by atoms with E-state index in [-0.39, 0.29) is 5.97 Å². The Morgan fingerprint density at radius 1 is 1.35 bits per heavy atom. The molecular weight excluding hydrogens is 212 g/mol. The first kappa shape index (κ1) is 11.4. The number of rotatable bonds is 2. The van der Waals surface area contributed by atoms with Crippen LogP contribution in [0.15, 0.2) is 54.3 Å². The van der Waals surface area contributed by atoms with Crippen molar-refractivity contribution in [3.05, 3.63) is 65.5 Å². The lowest BCUT2D eigenvalue weighted by atomic mass is 10.1. The van der Waals surface area contributed by atoms with E-state index in [9.17, 15) is 4.79 Å². The number of hydrogen-bond donors (Lipinski definition) is 0. The van der Waals surface area contributed by atoms with E-state index in [1.165, 1.54) is 0 Å². The van der Waals surface area contributed by atoms with Crippen molar-refractivity contribution in [1.82, 2.24) is 0 Å². The summed E-state index contributed by atoms with van der Waals surface area (Å²) in [5.74, 6) is 0.281. The molecule has 0 heterocycles. The molecule has 17 heavy (non-hydrogen) atoms. The van der Waals surface area contributed by atoms with Crippen molar-refractivity contribution < 1.29 is 9.53 Å². The normalized spacial score (nSPS) is 13.4. The van der Waals surface area contributed by atoms with Crippen LogP contribution in [0.4, 0.5) is 0 Å². The van der Waals surface area contributed by atoms with Crippen molar-refractivity contribution in [2.24, 2.45) is 0 Å². The van der Waals surface area contributed by atoms with Gasteiger partial charge in [0.1, 0.15) is 5.76 Å². The third-order valence-electron chi connectivity index (χ3n) is 2.55. The molecule has 1 aliphatic rings. The Morgan fingerprint density at radius 2 is 2.12 bits per heavy atom. The molecule has 1 aromatic rings. The van der Waals surface area contributed by atoms with Gasteiger partial charge in [0, 0.05) is 12.0 Å². The highest BCUT2D eigenvalue weighted by atomic mass is 16.5. The summed E-state index contributed by atoms with van der Waals surface area (Å²) in [5, 5.41) is 0. The maximum Gasteiger partial charge on any atom is 0.338 e. The van der Waals surface area contributed by atoms with E-state index in [0.29, 0.717) is 17.8 Å². The van der Waals surface area contributed by atoms with Crippen LogP contribution in [0.3, 0.4) is 0 Å². The fourth-order valence-electron chi connectivity index (χ4n) is 1.64. The molecule has 2 heteroatoms. The lowest BCUT2D eigenvalue weighted by Crippen LogP contribution is -2.06. The maximum atomic E-state index is 11.4. The van der Waals surface area contributed by atoms with Crippen molar-refractivity contribution in [3.8, 4) is 0 Å². The van der Waals surface area contributed by atoms with Gasteiger partial charge in [-0.1, -0.05) is 43.0 Å². The van der Waals surface area contributed by atoms with Gasteiger partial charge in [0.2, 0.25) is 0 Å². The van der Waals surface area contributed by atoms with Crippen molar-refractivity contribution in [2.75, 3.05) is 0 Å². The largest absolute Gasteiger partial charge is 0.427 e. The van der Waals surface area contributed by atoms with Gasteiger partial charge in [-0.2, -0.15) is 0 Å². The summed E-state index contributed by atoms with van der Waals surface area (Å²) < 4.78 is 5.26. The lowest BCUT2D eigenvalue weighted by Gasteiger charge is -2.08. The molecule has 0 amide bonds. The Kier molecular flexibility index (Phi) is 3.24. The molecule has 2 nitrogen and oxygen atoms in total. The summed E-state index contributed by atoms with van der Waals surface area (Å²) in [5.41, 5.74) is 2.72. The summed E-state index contributed by atoms with van der Waals surface area (Å²) in [4.78, 5) is 11.4. The number of esters is 1. The third-order valence-corrected chi connectivity index (χ3v) is 2.55. The maximum absolute atomic E-state index is 11.4. The molecule has 0 radical (unpaired) electrons. The molecule has 86 valence electrons. The quantitative estimate of drug-likeness (QED) is 0.571. The second kappa shape index (κ2) is 4.83. The van der Waals surface area contributed by atoms with E-state index in [4.69, 9.17) is 4.74 Å². The van der Waals surface area contributed by atoms with Crippen molar-refractivity contribution in [2.45, 2.75) is 13.3 Å². The minimum absolute atomic E-state index is 0.371. The minimum Gasteiger partial charge on any atom is -0.427 e. The Balaban J connectivity index is 2.19. The number of fused-ring (bicyclic) bond motifs is 1. The second-order valence-corrected chi connectivity index (χ2v) is 4.04. The smallest absolute Gasteiger partial charge is 0.338 e. The molecule has 1 aliphatic carbocycles. The van der Waals surface area contributed by atoms with Crippen LogP contribution in [0, 0.1) is 0 Å². The van der Waals surface area contributed by atoms with Gasteiger partial charge in [0.05, 0.1) is 0 Å². The number of carbonyl (C=O) groups excluding carboxylic acids is 1. The molecule has 0 unspecified atom stereocenters. The Hall–Kier alpha value is -2.09. The molecule has 0 atom stereocenters. The van der Waals surface area contributed by atoms with Gasteiger partial charge in [-0.25, -0.2) is 4.79 Å². The molecule has 0 saturated heterocycles. The molecule has 2 rings (SSSR count). The molecule has 0 saturated carbocycles. The number of allylic oxidation sites excluding steroid dienone is 3. The van der Waals surface area contributed by atoms with Gasteiger partial charge in [0.15, 0.2) is 0 Å². The number of benzene rings is 1. The van der Waals surface area contributed by atoms with Crippen LogP contribution in [-0.2, 0) is 16.0 Å². The van der Waals surface area contributed by atoms with Crippen LogP contribution in [-0.4, -0.2) is 5.97 Å². The molecule has 0 N–H and O–H groups in total. The summed E-state index contributed by atoms with van der Waals surface area (Å²) in [6.07, 6.45) is 6.35. The molecule has 0 fully saturated rings. The van der Waals surface area contributed by atoms with Crippen molar-refractivity contribution in [1.29, 1.82) is 0 Å². The Morgan fingerprint density at radius 3 is 2.88 bits per heavy atom. The van der Waals surface area contributed by atoms with Crippen molar-refractivity contribution >= 4 is 12.0 Å². The summed E-state index contributed by atoms with van der Waals surface area (Å²) in [6, 6.07) is 8.06. The van der Waals surface area contributed by atoms with Crippen LogP contribution in [0.5, 0.6) is 0 Å². The molecule has 0 aromatic heterocycles. The van der Waals surface area contributed by atoms with Gasteiger partial charge in [0.25, 0.3) is 0 Å². The van der Waals surface area contributed by atoms with E-state index >= 15 is 0 Å². The van der Waals surface area contributed by atoms with Crippen LogP contribution in [0.2, 0.25) is 0 Å². The van der Waals surface area contributed by atoms with Crippen LogP contribution >= 0.6 is 0 Å². The highest BCUT2D eigenvalue weighted by Crippen LogP contribution is 2.20. The predicted molar refractivity (Wildman–Crippen MR) is 68.2 cm³/mol. The summed E-state index contributed by atoms with van der Waals surface area (Å²) in [7, 11) is 0. The number of carbonyl (C=O) groups is 1. The zero-order valence-electron chi connectivity index (χ0n) is 9.77. The average molecular weight is 226 g/mol. The van der Waals surface area contributed by atoms with Crippen LogP contribution in [0.1, 0.15) is 18.1 Å². The van der Waals surface area contributed by atoms with Gasteiger partial charge in [-0.3, -0.25) is 0 Å². The van der Waals surface area contributed by atoms with E-state index in [0.717, 1.165) is 11.1 Å². The highest BCUT2D eigenvalue weighted by molar-refractivity contribution is 5.87. The first-order valence-electron chi connectivity index (χ1n) is 5.49. The topological polar surface area (TPSA) is 26.3 Å². The van der Waals surface area contributed by atoms with E-state index in [2.05, 4.69) is 6.58 Å². The van der Waals surface area contributed by atoms with E-state index in [1.54, 1.807) is 6.92 Å². The number of hydrogen-bond acceptors (Lipinski definition) is 2. The standard InChI is InChI=1S/C15H14O2/c1-11(2)15(16)17-14-9-5-8-12-6-3-4-7-13(12)10-14/h3-9H,1,10H2,2H3. The highest BCUT2D eigenvalue weighted by Gasteiger charge is 2.11. The minimum atomic E-state index is -0.371.